The van der Waals surface area contributed by atoms with Crippen molar-refractivity contribution in [1.29, 1.82) is 0 Å². The molecule has 0 aliphatic heterocycles. The molecule has 0 heterocycles. The second-order valence-corrected chi connectivity index (χ2v) is 13.8. The number of unbranched alkanes of at least 4 members (excludes halogenated alkanes) is 16. The monoisotopic (exact) mass is 703 g/mol. The topological polar surface area (TPSA) is 172 Å². The van der Waals surface area contributed by atoms with Gasteiger partial charge in [0, 0.05) is 12.8 Å². The molecule has 0 aromatic heterocycles. The number of aliphatic carboxylic acids is 1. The quantitative estimate of drug-likeness (QED) is 0.0253. The van der Waals surface area contributed by atoms with Gasteiger partial charge in [-0.25, -0.2) is 4.57 Å². The summed E-state index contributed by atoms with van der Waals surface area (Å²) in [7, 11) is -4.71. The van der Waals surface area contributed by atoms with Crippen LogP contribution in [0.5, 0.6) is 0 Å². The number of carboxylic acids is 1. The Bertz CT molecular complexity index is 926. The van der Waals surface area contributed by atoms with E-state index in [1.807, 2.05) is 0 Å². The smallest absolute Gasteiger partial charge is 0.472 e. The minimum atomic E-state index is -4.71. The van der Waals surface area contributed by atoms with Gasteiger partial charge in [-0.2, -0.15) is 0 Å². The van der Waals surface area contributed by atoms with E-state index >= 15 is 0 Å². The highest BCUT2D eigenvalue weighted by Crippen LogP contribution is 2.43. The summed E-state index contributed by atoms with van der Waals surface area (Å²) in [5, 5.41) is 8.84. The van der Waals surface area contributed by atoms with E-state index in [1.165, 1.54) is 51.4 Å². The lowest BCUT2D eigenvalue weighted by Crippen LogP contribution is -2.34. The van der Waals surface area contributed by atoms with E-state index in [0.29, 0.717) is 12.8 Å². The molecule has 0 fully saturated rings. The van der Waals surface area contributed by atoms with E-state index in [4.69, 9.17) is 24.8 Å². The van der Waals surface area contributed by atoms with Gasteiger partial charge in [0.25, 0.3) is 0 Å². The Hall–Kier alpha value is -2.04. The molecule has 0 spiro atoms. The average Bonchev–Trinajstić information content (AvgIpc) is 3.05. The number of carboxylic acid groups (broad SMARTS) is 1. The zero-order valence-corrected chi connectivity index (χ0v) is 30.7. The SMILES string of the molecule is CCCCC/C=C\C/C=C\CCCCCCCC(=O)OC(COC(=O)CCCCCCCCCCC)COP(=O)(O)OCC(N)C(=O)O. The first kappa shape index (κ1) is 46.0. The summed E-state index contributed by atoms with van der Waals surface area (Å²) in [6.07, 6.45) is 29.7. The van der Waals surface area contributed by atoms with Crippen molar-refractivity contribution < 1.29 is 47.5 Å². The zero-order valence-electron chi connectivity index (χ0n) is 29.8. The van der Waals surface area contributed by atoms with Crippen LogP contribution in [0.15, 0.2) is 24.3 Å². The number of rotatable bonds is 34. The highest BCUT2D eigenvalue weighted by atomic mass is 31.2. The van der Waals surface area contributed by atoms with Crippen molar-refractivity contribution in [3.63, 3.8) is 0 Å². The molecular formula is C36H66NO10P. The lowest BCUT2D eigenvalue weighted by Gasteiger charge is -2.20. The molecule has 0 amide bonds. The third-order valence-corrected chi connectivity index (χ3v) is 8.65. The molecule has 0 saturated carbocycles. The lowest BCUT2D eigenvalue weighted by molar-refractivity contribution is -0.161. The molecule has 0 radical (unpaired) electrons. The fraction of sp³-hybridized carbons (Fsp3) is 0.806. The van der Waals surface area contributed by atoms with Crippen LogP contribution in [0.25, 0.3) is 0 Å². The Morgan fingerprint density at radius 3 is 1.67 bits per heavy atom. The zero-order chi connectivity index (χ0) is 35.7. The normalized spacial score (nSPS) is 14.2. The predicted molar refractivity (Wildman–Crippen MR) is 189 cm³/mol. The van der Waals surface area contributed by atoms with Crippen LogP contribution in [0.2, 0.25) is 0 Å². The molecule has 0 saturated heterocycles. The van der Waals surface area contributed by atoms with Gasteiger partial charge in [0.05, 0.1) is 13.2 Å². The fourth-order valence-corrected chi connectivity index (χ4v) is 5.52. The van der Waals surface area contributed by atoms with Crippen LogP contribution in [0.3, 0.4) is 0 Å². The van der Waals surface area contributed by atoms with Gasteiger partial charge in [0.2, 0.25) is 0 Å². The van der Waals surface area contributed by atoms with Crippen molar-refractivity contribution in [3.8, 4) is 0 Å². The highest BCUT2D eigenvalue weighted by Gasteiger charge is 2.28. The van der Waals surface area contributed by atoms with Crippen molar-refractivity contribution in [1.82, 2.24) is 0 Å². The first-order valence-corrected chi connectivity index (χ1v) is 19.9. The van der Waals surface area contributed by atoms with Crippen LogP contribution in [0.4, 0.5) is 0 Å². The molecule has 0 aromatic rings. The van der Waals surface area contributed by atoms with Gasteiger partial charge in [-0.3, -0.25) is 23.4 Å². The van der Waals surface area contributed by atoms with Gasteiger partial charge in [0.15, 0.2) is 6.10 Å². The summed E-state index contributed by atoms with van der Waals surface area (Å²) < 4.78 is 32.5. The maximum absolute atomic E-state index is 12.5. The molecule has 0 bridgehead atoms. The number of esters is 2. The van der Waals surface area contributed by atoms with Gasteiger partial charge >= 0.3 is 25.7 Å². The van der Waals surface area contributed by atoms with E-state index in [-0.39, 0.29) is 19.4 Å². The number of carbonyl (C=O) groups is 3. The van der Waals surface area contributed by atoms with E-state index in [1.54, 1.807) is 0 Å². The molecule has 3 atom stereocenters. The van der Waals surface area contributed by atoms with Crippen LogP contribution in [-0.2, 0) is 37.5 Å². The van der Waals surface area contributed by atoms with E-state index < -0.39 is 51.1 Å². The summed E-state index contributed by atoms with van der Waals surface area (Å²) in [6, 6.07) is -1.52. The summed E-state index contributed by atoms with van der Waals surface area (Å²) in [6.45, 7) is 2.71. The molecule has 0 aliphatic carbocycles. The van der Waals surface area contributed by atoms with Gasteiger partial charge in [-0.15, -0.1) is 0 Å². The number of hydrogen-bond acceptors (Lipinski definition) is 9. The van der Waals surface area contributed by atoms with Crippen LogP contribution < -0.4 is 5.73 Å². The van der Waals surface area contributed by atoms with Crippen molar-refractivity contribution >= 4 is 25.7 Å². The van der Waals surface area contributed by atoms with Crippen LogP contribution in [-0.4, -0.2) is 59.9 Å². The Morgan fingerprint density at radius 2 is 1.10 bits per heavy atom. The number of hydrogen-bond donors (Lipinski definition) is 3. The second-order valence-electron chi connectivity index (χ2n) is 12.4. The van der Waals surface area contributed by atoms with Crippen molar-refractivity contribution in [2.75, 3.05) is 19.8 Å². The van der Waals surface area contributed by atoms with Crippen molar-refractivity contribution in [3.05, 3.63) is 24.3 Å². The van der Waals surface area contributed by atoms with Crippen molar-refractivity contribution in [2.24, 2.45) is 5.73 Å². The Morgan fingerprint density at radius 1 is 0.646 bits per heavy atom. The largest absolute Gasteiger partial charge is 0.480 e. The molecule has 0 aliphatic rings. The Balaban J connectivity index is 4.47. The third kappa shape index (κ3) is 31.2. The predicted octanol–water partition coefficient (Wildman–Crippen LogP) is 8.72. The lowest BCUT2D eigenvalue weighted by atomic mass is 10.1. The van der Waals surface area contributed by atoms with Crippen LogP contribution in [0.1, 0.15) is 155 Å². The third-order valence-electron chi connectivity index (χ3n) is 7.70. The van der Waals surface area contributed by atoms with Crippen LogP contribution >= 0.6 is 7.82 Å². The summed E-state index contributed by atoms with van der Waals surface area (Å²) in [4.78, 5) is 45.6. The fourth-order valence-electron chi connectivity index (χ4n) is 4.74. The molecule has 12 heteroatoms. The summed E-state index contributed by atoms with van der Waals surface area (Å²) in [5.74, 6) is -2.40. The first-order chi connectivity index (χ1) is 23.1. The number of carbonyl (C=O) groups excluding carboxylic acids is 2. The molecule has 280 valence electrons. The number of allylic oxidation sites excluding steroid dienone is 4. The van der Waals surface area contributed by atoms with E-state index in [0.717, 1.165) is 64.2 Å². The minimum Gasteiger partial charge on any atom is -0.480 e. The summed E-state index contributed by atoms with van der Waals surface area (Å²) >= 11 is 0. The number of phosphoric ester groups is 1. The van der Waals surface area contributed by atoms with Gasteiger partial charge < -0.3 is 25.2 Å². The summed E-state index contributed by atoms with van der Waals surface area (Å²) in [5.41, 5.74) is 5.30. The molecule has 11 nitrogen and oxygen atoms in total. The Kier molecular flexibility index (Phi) is 30.8. The van der Waals surface area contributed by atoms with Crippen molar-refractivity contribution in [2.45, 2.75) is 167 Å². The Labute approximate surface area is 290 Å². The number of nitrogens with two attached hydrogens (primary N) is 1. The molecule has 0 aromatic carbocycles. The first-order valence-electron chi connectivity index (χ1n) is 18.4. The molecule has 48 heavy (non-hydrogen) atoms. The van der Waals surface area contributed by atoms with Crippen LogP contribution in [0, 0.1) is 0 Å². The van der Waals surface area contributed by atoms with E-state index in [2.05, 4.69) is 42.7 Å². The molecular weight excluding hydrogens is 637 g/mol. The standard InChI is InChI=1S/C36H66NO10P/c1-3-5-7-9-11-13-14-15-16-17-18-20-22-24-26-28-35(39)47-32(30-45-48(42,43)46-31-33(37)36(40)41)29-44-34(38)27-25-23-21-19-12-10-8-6-4-2/h11,13,15-16,32-33H,3-10,12,14,17-31,37H2,1-2H3,(H,40,41)(H,42,43)/b13-11-,16-15-. The maximum atomic E-state index is 12.5. The number of ether oxygens (including phenoxy) is 2. The highest BCUT2D eigenvalue weighted by molar-refractivity contribution is 7.47. The van der Waals surface area contributed by atoms with E-state index in [9.17, 15) is 23.8 Å². The molecule has 0 rings (SSSR count). The van der Waals surface area contributed by atoms with Gasteiger partial charge in [-0.05, 0) is 44.9 Å². The van der Waals surface area contributed by atoms with Gasteiger partial charge in [-0.1, -0.05) is 122 Å². The van der Waals surface area contributed by atoms with Gasteiger partial charge in [0.1, 0.15) is 12.6 Å². The maximum Gasteiger partial charge on any atom is 0.472 e. The second kappa shape index (κ2) is 32.2. The average molecular weight is 704 g/mol. The minimum absolute atomic E-state index is 0.147. The molecule has 4 N–H and O–H groups in total. The number of phosphoric acid groups is 1. The molecule has 3 unspecified atom stereocenters.